The van der Waals surface area contributed by atoms with Crippen molar-refractivity contribution >= 4 is 26.0 Å². The highest BCUT2D eigenvalue weighted by atomic mass is 32.2. The van der Waals surface area contributed by atoms with Gasteiger partial charge in [0.15, 0.2) is 10.7 Å². The third-order valence-corrected chi connectivity index (χ3v) is 4.87. The minimum atomic E-state index is -5.23. The number of hydrogen-bond donors (Lipinski definition) is 3. The Balaban J connectivity index is 2.78. The highest BCUT2D eigenvalue weighted by Gasteiger charge is 2.31. The van der Waals surface area contributed by atoms with Gasteiger partial charge in [0.2, 0.25) is 0 Å². The van der Waals surface area contributed by atoms with Gasteiger partial charge in [-0.15, -0.1) is 0 Å². The second-order valence-electron chi connectivity index (χ2n) is 4.43. The Morgan fingerprint density at radius 2 is 1.39 bits per heavy atom. The van der Waals surface area contributed by atoms with Gasteiger partial charge in [-0.3, -0.25) is 13.9 Å². The topological polar surface area (TPSA) is 146 Å². The monoisotopic (exact) mass is 358 g/mol. The van der Waals surface area contributed by atoms with Crippen molar-refractivity contribution in [1.29, 1.82) is 0 Å². The van der Waals surface area contributed by atoms with Crippen LogP contribution in [0.1, 0.15) is 15.9 Å². The van der Waals surface area contributed by atoms with Gasteiger partial charge >= 0.3 is 0 Å². The second kappa shape index (κ2) is 5.74. The number of rotatable bonds is 4. The van der Waals surface area contributed by atoms with E-state index in [1.54, 1.807) is 6.07 Å². The number of benzene rings is 2. The molecule has 0 spiro atoms. The molecular formula is C13H10O8S2. The van der Waals surface area contributed by atoms with Crippen molar-refractivity contribution in [2.24, 2.45) is 0 Å². The molecule has 2 aromatic carbocycles. The zero-order chi connectivity index (χ0) is 17.4. The van der Waals surface area contributed by atoms with Crippen LogP contribution in [0.4, 0.5) is 0 Å². The molecule has 23 heavy (non-hydrogen) atoms. The molecule has 3 N–H and O–H groups in total. The summed E-state index contributed by atoms with van der Waals surface area (Å²) in [6.07, 6.45) is 0. The average molecular weight is 358 g/mol. The molecule has 0 aliphatic rings. The molecule has 10 heteroatoms. The van der Waals surface area contributed by atoms with Crippen LogP contribution in [0.5, 0.6) is 5.75 Å². The van der Waals surface area contributed by atoms with Crippen LogP contribution in [0, 0.1) is 0 Å². The van der Waals surface area contributed by atoms with Crippen LogP contribution in [0.25, 0.3) is 0 Å². The summed E-state index contributed by atoms with van der Waals surface area (Å²) in [4.78, 5) is 9.57. The zero-order valence-corrected chi connectivity index (χ0v) is 12.9. The predicted octanol–water partition coefficient (Wildman–Crippen LogP) is 1.12. The van der Waals surface area contributed by atoms with E-state index in [2.05, 4.69) is 0 Å². The molecule has 0 heterocycles. The van der Waals surface area contributed by atoms with Gasteiger partial charge in [0, 0.05) is 5.56 Å². The smallest absolute Gasteiger partial charge is 0.299 e. The van der Waals surface area contributed by atoms with Crippen LogP contribution < -0.4 is 0 Å². The van der Waals surface area contributed by atoms with Crippen LogP contribution in [-0.4, -0.2) is 36.8 Å². The lowest BCUT2D eigenvalue weighted by Gasteiger charge is -2.10. The molecule has 2 aromatic rings. The van der Waals surface area contributed by atoms with Crippen LogP contribution in [0.15, 0.2) is 52.3 Å². The number of carbonyl (C=O) groups is 1. The summed E-state index contributed by atoms with van der Waals surface area (Å²) in [5.41, 5.74) is -0.445. The van der Waals surface area contributed by atoms with Gasteiger partial charge in [0.1, 0.15) is 10.6 Å². The lowest BCUT2D eigenvalue weighted by atomic mass is 10.0. The van der Waals surface area contributed by atoms with Gasteiger partial charge in [-0.2, -0.15) is 16.8 Å². The number of phenolic OH excluding ortho intramolecular Hbond substituents is 1. The highest BCUT2D eigenvalue weighted by molar-refractivity contribution is 7.89. The van der Waals surface area contributed by atoms with Crippen LogP contribution in [0.3, 0.4) is 0 Å². The number of aromatic hydroxyl groups is 1. The van der Waals surface area contributed by atoms with Gasteiger partial charge in [-0.05, 0) is 12.1 Å². The summed E-state index contributed by atoms with van der Waals surface area (Å²) in [5, 5.41) is 9.96. The van der Waals surface area contributed by atoms with E-state index in [0.717, 1.165) is 6.07 Å². The predicted molar refractivity (Wildman–Crippen MR) is 77.6 cm³/mol. The van der Waals surface area contributed by atoms with Crippen molar-refractivity contribution < 1.29 is 35.8 Å². The van der Waals surface area contributed by atoms with Crippen LogP contribution >= 0.6 is 0 Å². The molecule has 0 radical (unpaired) electrons. The first-order valence-corrected chi connectivity index (χ1v) is 8.82. The second-order valence-corrected chi connectivity index (χ2v) is 7.18. The van der Waals surface area contributed by atoms with Crippen LogP contribution in [0.2, 0.25) is 0 Å². The summed E-state index contributed by atoms with van der Waals surface area (Å²) in [7, 11) is -10.3. The Bertz CT molecular complexity index is 976. The molecule has 8 nitrogen and oxygen atoms in total. The van der Waals surface area contributed by atoms with Crippen molar-refractivity contribution in [2.45, 2.75) is 9.79 Å². The summed E-state index contributed by atoms with van der Waals surface area (Å²) in [6.45, 7) is 0. The maximum absolute atomic E-state index is 12.3. The van der Waals surface area contributed by atoms with Gasteiger partial charge in [-0.1, -0.05) is 30.3 Å². The molecule has 0 aromatic heterocycles. The molecule has 0 aliphatic heterocycles. The van der Waals surface area contributed by atoms with E-state index < -0.39 is 47.1 Å². The van der Waals surface area contributed by atoms with Crippen LogP contribution in [-0.2, 0) is 20.2 Å². The summed E-state index contributed by atoms with van der Waals surface area (Å²) in [5.74, 6) is -2.06. The van der Waals surface area contributed by atoms with E-state index >= 15 is 0 Å². The summed E-state index contributed by atoms with van der Waals surface area (Å²) < 4.78 is 63.2. The van der Waals surface area contributed by atoms with Crippen molar-refractivity contribution in [2.75, 3.05) is 0 Å². The van der Waals surface area contributed by atoms with Gasteiger partial charge in [0.05, 0.1) is 5.56 Å². The first kappa shape index (κ1) is 17.1. The Labute approximate surface area is 131 Å². The fourth-order valence-electron chi connectivity index (χ4n) is 1.93. The van der Waals surface area contributed by atoms with Gasteiger partial charge in [-0.25, -0.2) is 0 Å². The van der Waals surface area contributed by atoms with Gasteiger partial charge in [0.25, 0.3) is 20.2 Å². The molecule has 0 fully saturated rings. The third-order valence-electron chi connectivity index (χ3n) is 2.91. The van der Waals surface area contributed by atoms with E-state index in [-0.39, 0.29) is 5.56 Å². The maximum Gasteiger partial charge on any atom is 0.299 e. The standard InChI is InChI=1S/C13H10O8S2/c14-11(8-4-2-1-3-5-8)9-6-7-10(22(16,17)18)13(12(9)15)23(19,20)21/h1-7,15H,(H,16,17,18)(H,19,20,21). The minimum Gasteiger partial charge on any atom is -0.506 e. The van der Waals surface area contributed by atoms with Gasteiger partial charge < -0.3 is 5.11 Å². The van der Waals surface area contributed by atoms with Crippen molar-refractivity contribution in [3.8, 4) is 5.75 Å². The molecule has 0 bridgehead atoms. The Hall–Kier alpha value is -2.27. The molecule has 122 valence electrons. The highest BCUT2D eigenvalue weighted by Crippen LogP contribution is 2.34. The third kappa shape index (κ3) is 3.40. The molecule has 0 atom stereocenters. The SMILES string of the molecule is O=C(c1ccccc1)c1ccc(S(=O)(=O)O)c(S(=O)(=O)O)c1O. The molecule has 0 saturated carbocycles. The van der Waals surface area contributed by atoms with E-state index in [0.29, 0.717) is 6.07 Å². The molecule has 0 aliphatic carbocycles. The molecule has 0 saturated heterocycles. The fourth-order valence-corrected chi connectivity index (χ4v) is 3.81. The first-order valence-electron chi connectivity index (χ1n) is 5.94. The summed E-state index contributed by atoms with van der Waals surface area (Å²) >= 11 is 0. The number of ketones is 1. The molecule has 0 unspecified atom stereocenters. The lowest BCUT2D eigenvalue weighted by Crippen LogP contribution is -2.12. The van der Waals surface area contributed by atoms with Crippen molar-refractivity contribution in [3.05, 3.63) is 53.6 Å². The summed E-state index contributed by atoms with van der Waals surface area (Å²) in [6, 6.07) is 8.91. The maximum atomic E-state index is 12.3. The normalized spacial score (nSPS) is 12.1. The largest absolute Gasteiger partial charge is 0.506 e. The minimum absolute atomic E-state index is 0.101. The lowest BCUT2D eigenvalue weighted by molar-refractivity contribution is 0.103. The average Bonchev–Trinajstić information content (AvgIpc) is 2.45. The Morgan fingerprint density at radius 1 is 0.826 bits per heavy atom. The van der Waals surface area contributed by atoms with E-state index in [1.165, 1.54) is 24.3 Å². The van der Waals surface area contributed by atoms with Crippen molar-refractivity contribution in [3.63, 3.8) is 0 Å². The quantitative estimate of drug-likeness (QED) is 0.544. The van der Waals surface area contributed by atoms with Crippen molar-refractivity contribution in [1.82, 2.24) is 0 Å². The number of carbonyl (C=O) groups excluding carboxylic acids is 1. The van der Waals surface area contributed by atoms with E-state index in [9.17, 15) is 26.7 Å². The number of phenols is 1. The van der Waals surface area contributed by atoms with E-state index in [1.807, 2.05) is 0 Å². The Morgan fingerprint density at radius 3 is 1.87 bits per heavy atom. The Kier molecular flexibility index (Phi) is 4.26. The van der Waals surface area contributed by atoms with E-state index in [4.69, 9.17) is 9.11 Å². The first-order chi connectivity index (χ1) is 10.5. The molecule has 2 rings (SSSR count). The zero-order valence-electron chi connectivity index (χ0n) is 11.2. The molecule has 0 amide bonds. The fraction of sp³-hybridized carbons (Fsp3) is 0. The number of hydrogen-bond acceptors (Lipinski definition) is 6. The molecular weight excluding hydrogens is 348 g/mol.